The van der Waals surface area contributed by atoms with Crippen molar-refractivity contribution in [2.24, 2.45) is 0 Å². The summed E-state index contributed by atoms with van der Waals surface area (Å²) in [5, 5.41) is 11.1. The Bertz CT molecular complexity index is 995. The highest BCUT2D eigenvalue weighted by Gasteiger charge is 2.24. The number of hydrogen-bond donors (Lipinski definition) is 1. The van der Waals surface area contributed by atoms with Crippen LogP contribution in [0.5, 0.6) is 0 Å². The van der Waals surface area contributed by atoms with Crippen LogP contribution in [-0.4, -0.2) is 53.1 Å². The number of carbonyl (C=O) groups is 2. The van der Waals surface area contributed by atoms with Gasteiger partial charge in [0.15, 0.2) is 11.5 Å². The maximum absolute atomic E-state index is 12.6. The van der Waals surface area contributed by atoms with Crippen LogP contribution in [0, 0.1) is 6.92 Å². The van der Waals surface area contributed by atoms with E-state index >= 15 is 0 Å². The van der Waals surface area contributed by atoms with Crippen LogP contribution in [0.25, 0.3) is 0 Å². The molecule has 0 saturated carbocycles. The first kappa shape index (κ1) is 19.1. The minimum absolute atomic E-state index is 0.0850. The SMILES string of the molecule is Cc1ccc(C(=O)N2CCN(c3ccc(C(=O)Nc4ccccc4)nn3)CC2)s1. The Morgan fingerprint density at radius 1 is 0.931 bits per heavy atom. The number of nitrogens with zero attached hydrogens (tertiary/aromatic N) is 4. The second-order valence-electron chi connectivity index (χ2n) is 6.79. The van der Waals surface area contributed by atoms with Gasteiger partial charge in [-0.15, -0.1) is 21.5 Å². The Morgan fingerprint density at radius 3 is 2.31 bits per heavy atom. The molecule has 0 bridgehead atoms. The van der Waals surface area contributed by atoms with E-state index in [9.17, 15) is 9.59 Å². The molecular formula is C21H21N5O2S. The van der Waals surface area contributed by atoms with Crippen molar-refractivity contribution in [1.82, 2.24) is 15.1 Å². The first-order valence-electron chi connectivity index (χ1n) is 9.41. The molecule has 1 fully saturated rings. The summed E-state index contributed by atoms with van der Waals surface area (Å²) < 4.78 is 0. The van der Waals surface area contributed by atoms with E-state index in [0.717, 1.165) is 9.75 Å². The smallest absolute Gasteiger partial charge is 0.276 e. The van der Waals surface area contributed by atoms with Gasteiger partial charge in [-0.3, -0.25) is 9.59 Å². The monoisotopic (exact) mass is 407 g/mol. The van der Waals surface area contributed by atoms with Crippen molar-refractivity contribution >= 4 is 34.7 Å². The molecule has 7 nitrogen and oxygen atoms in total. The molecule has 1 saturated heterocycles. The topological polar surface area (TPSA) is 78.4 Å². The molecule has 3 aromatic rings. The molecule has 0 atom stereocenters. The number of nitrogens with one attached hydrogen (secondary N) is 1. The van der Waals surface area contributed by atoms with E-state index in [4.69, 9.17) is 0 Å². The standard InChI is InChI=1S/C21H21N5O2S/c1-15-7-9-18(29-15)21(28)26-13-11-25(12-14-26)19-10-8-17(23-24-19)20(27)22-16-5-3-2-4-6-16/h2-10H,11-14H2,1H3,(H,22,27). The number of anilines is 2. The summed E-state index contributed by atoms with van der Waals surface area (Å²) in [6, 6.07) is 16.6. The van der Waals surface area contributed by atoms with Crippen molar-refractivity contribution < 1.29 is 9.59 Å². The van der Waals surface area contributed by atoms with Gasteiger partial charge in [0.1, 0.15) is 0 Å². The predicted molar refractivity (Wildman–Crippen MR) is 114 cm³/mol. The van der Waals surface area contributed by atoms with Crippen LogP contribution in [0.3, 0.4) is 0 Å². The Morgan fingerprint density at radius 2 is 1.69 bits per heavy atom. The van der Waals surface area contributed by atoms with E-state index in [1.54, 1.807) is 12.1 Å². The minimum Gasteiger partial charge on any atom is -0.352 e. The molecular weight excluding hydrogens is 386 g/mol. The lowest BCUT2D eigenvalue weighted by atomic mass is 10.2. The molecule has 1 aliphatic heterocycles. The van der Waals surface area contributed by atoms with Gasteiger partial charge >= 0.3 is 0 Å². The number of amides is 2. The normalized spacial score (nSPS) is 14.0. The van der Waals surface area contributed by atoms with E-state index in [0.29, 0.717) is 37.7 Å². The Balaban J connectivity index is 1.34. The summed E-state index contributed by atoms with van der Waals surface area (Å²) in [7, 11) is 0. The third-order valence-electron chi connectivity index (χ3n) is 4.76. The zero-order valence-electron chi connectivity index (χ0n) is 16.0. The molecule has 2 amide bonds. The van der Waals surface area contributed by atoms with Crippen molar-refractivity contribution in [1.29, 1.82) is 0 Å². The number of aryl methyl sites for hydroxylation is 1. The van der Waals surface area contributed by atoms with Gasteiger partial charge in [-0.05, 0) is 43.3 Å². The van der Waals surface area contributed by atoms with Gasteiger partial charge in [-0.2, -0.15) is 0 Å². The Labute approximate surface area is 173 Å². The average Bonchev–Trinajstić information content (AvgIpc) is 3.20. The molecule has 2 aromatic heterocycles. The number of benzene rings is 1. The molecule has 0 spiro atoms. The number of rotatable bonds is 4. The number of hydrogen-bond acceptors (Lipinski definition) is 6. The lowest BCUT2D eigenvalue weighted by molar-refractivity contribution is 0.0751. The van der Waals surface area contributed by atoms with Crippen molar-refractivity contribution in [3.8, 4) is 0 Å². The lowest BCUT2D eigenvalue weighted by Crippen LogP contribution is -2.49. The number of thiophene rings is 1. The number of para-hydroxylation sites is 1. The molecule has 0 unspecified atom stereocenters. The lowest BCUT2D eigenvalue weighted by Gasteiger charge is -2.35. The highest BCUT2D eigenvalue weighted by atomic mass is 32.1. The van der Waals surface area contributed by atoms with Crippen molar-refractivity contribution in [3.63, 3.8) is 0 Å². The van der Waals surface area contributed by atoms with Crippen LogP contribution >= 0.6 is 11.3 Å². The highest BCUT2D eigenvalue weighted by molar-refractivity contribution is 7.13. The summed E-state index contributed by atoms with van der Waals surface area (Å²) in [4.78, 5) is 30.7. The van der Waals surface area contributed by atoms with E-state index < -0.39 is 0 Å². The van der Waals surface area contributed by atoms with Crippen molar-refractivity contribution in [3.05, 3.63) is 70.0 Å². The largest absolute Gasteiger partial charge is 0.352 e. The average molecular weight is 407 g/mol. The molecule has 4 rings (SSSR count). The van der Waals surface area contributed by atoms with Gasteiger partial charge in [-0.25, -0.2) is 0 Å². The second-order valence-corrected chi connectivity index (χ2v) is 8.07. The third-order valence-corrected chi connectivity index (χ3v) is 5.75. The predicted octanol–water partition coefficient (Wildman–Crippen LogP) is 3.06. The summed E-state index contributed by atoms with van der Waals surface area (Å²) in [5.74, 6) is 0.499. The highest BCUT2D eigenvalue weighted by Crippen LogP contribution is 2.19. The molecule has 1 aromatic carbocycles. The number of aromatic nitrogens is 2. The van der Waals surface area contributed by atoms with Gasteiger partial charge in [0, 0.05) is 36.7 Å². The second kappa shape index (κ2) is 8.40. The van der Waals surface area contributed by atoms with E-state index in [1.165, 1.54) is 11.3 Å². The zero-order valence-corrected chi connectivity index (χ0v) is 16.9. The maximum Gasteiger partial charge on any atom is 0.276 e. The molecule has 3 heterocycles. The maximum atomic E-state index is 12.6. The van der Waals surface area contributed by atoms with Gasteiger partial charge in [0.25, 0.3) is 11.8 Å². The fraction of sp³-hybridized carbons (Fsp3) is 0.238. The first-order chi connectivity index (χ1) is 14.1. The van der Waals surface area contributed by atoms with Gasteiger partial charge < -0.3 is 15.1 Å². The van der Waals surface area contributed by atoms with Crippen LogP contribution in [0.1, 0.15) is 25.0 Å². The van der Waals surface area contributed by atoms with Crippen molar-refractivity contribution in [2.75, 3.05) is 36.4 Å². The molecule has 1 aliphatic rings. The fourth-order valence-corrected chi connectivity index (χ4v) is 4.01. The minimum atomic E-state index is -0.295. The van der Waals surface area contributed by atoms with Crippen LogP contribution in [0.4, 0.5) is 11.5 Å². The van der Waals surface area contributed by atoms with Crippen LogP contribution < -0.4 is 10.2 Å². The summed E-state index contributed by atoms with van der Waals surface area (Å²) in [5.41, 5.74) is 0.976. The Hall–Kier alpha value is -3.26. The molecule has 0 radical (unpaired) electrons. The van der Waals surface area contributed by atoms with E-state index in [1.807, 2.05) is 54.3 Å². The number of piperazine rings is 1. The van der Waals surface area contributed by atoms with Gasteiger partial charge in [-0.1, -0.05) is 18.2 Å². The van der Waals surface area contributed by atoms with E-state index in [-0.39, 0.29) is 17.5 Å². The van der Waals surface area contributed by atoms with Crippen LogP contribution in [0.15, 0.2) is 54.6 Å². The van der Waals surface area contributed by atoms with Crippen molar-refractivity contribution in [2.45, 2.75) is 6.92 Å². The Kier molecular flexibility index (Phi) is 5.53. The molecule has 8 heteroatoms. The zero-order chi connectivity index (χ0) is 20.2. The summed E-state index contributed by atoms with van der Waals surface area (Å²) in [6.45, 7) is 4.63. The molecule has 0 aliphatic carbocycles. The molecule has 148 valence electrons. The number of carbonyl (C=O) groups excluding carboxylic acids is 2. The fourth-order valence-electron chi connectivity index (χ4n) is 3.18. The summed E-state index contributed by atoms with van der Waals surface area (Å²) in [6.07, 6.45) is 0. The van der Waals surface area contributed by atoms with Crippen LogP contribution in [0.2, 0.25) is 0 Å². The quantitative estimate of drug-likeness (QED) is 0.719. The first-order valence-corrected chi connectivity index (χ1v) is 10.2. The summed E-state index contributed by atoms with van der Waals surface area (Å²) >= 11 is 1.53. The molecule has 1 N–H and O–H groups in total. The van der Waals surface area contributed by atoms with Crippen LogP contribution in [-0.2, 0) is 0 Å². The third kappa shape index (κ3) is 4.43. The molecule has 29 heavy (non-hydrogen) atoms. The van der Waals surface area contributed by atoms with Gasteiger partial charge in [0.2, 0.25) is 0 Å². The van der Waals surface area contributed by atoms with E-state index in [2.05, 4.69) is 20.4 Å². The van der Waals surface area contributed by atoms with Gasteiger partial charge in [0.05, 0.1) is 4.88 Å².